The van der Waals surface area contributed by atoms with E-state index in [4.69, 9.17) is 14.2 Å². The number of carbonyl (C=O) groups excluding carboxylic acids is 3. The maximum atomic E-state index is 12.9. The molecule has 1 atom stereocenters. The third-order valence-electron chi connectivity index (χ3n) is 13.7. The third-order valence-corrected chi connectivity index (χ3v) is 13.7. The van der Waals surface area contributed by atoms with E-state index in [2.05, 4.69) is 93.7 Å². The van der Waals surface area contributed by atoms with Crippen molar-refractivity contribution in [2.45, 2.75) is 322 Å². The van der Waals surface area contributed by atoms with E-state index in [1.165, 1.54) is 180 Å². The highest BCUT2D eigenvalue weighted by Gasteiger charge is 2.19. The van der Waals surface area contributed by atoms with Crippen LogP contribution in [0, 0.1) is 0 Å². The summed E-state index contributed by atoms with van der Waals surface area (Å²) in [6, 6.07) is 0. The van der Waals surface area contributed by atoms with Crippen LogP contribution in [0.15, 0.2) is 72.9 Å². The topological polar surface area (TPSA) is 78.9 Å². The molecule has 0 aromatic rings. The first-order valence-electron chi connectivity index (χ1n) is 31.4. The van der Waals surface area contributed by atoms with Crippen LogP contribution >= 0.6 is 0 Å². The molecule has 6 heteroatoms. The highest BCUT2D eigenvalue weighted by molar-refractivity contribution is 5.71. The molecule has 73 heavy (non-hydrogen) atoms. The first-order valence-corrected chi connectivity index (χ1v) is 31.4. The minimum absolute atomic E-state index is 0.0849. The van der Waals surface area contributed by atoms with Crippen molar-refractivity contribution < 1.29 is 28.6 Å². The van der Waals surface area contributed by atoms with E-state index in [0.29, 0.717) is 19.3 Å². The Balaban J connectivity index is 4.41. The highest BCUT2D eigenvalue weighted by atomic mass is 16.6. The zero-order chi connectivity index (χ0) is 52.9. The van der Waals surface area contributed by atoms with Gasteiger partial charge in [0.15, 0.2) is 6.10 Å². The Morgan fingerprint density at radius 1 is 0.288 bits per heavy atom. The maximum Gasteiger partial charge on any atom is 0.306 e. The van der Waals surface area contributed by atoms with Crippen LogP contribution in [-0.2, 0) is 28.6 Å². The van der Waals surface area contributed by atoms with Crippen molar-refractivity contribution in [3.8, 4) is 0 Å². The van der Waals surface area contributed by atoms with E-state index in [1.54, 1.807) is 0 Å². The molecule has 0 bridgehead atoms. The van der Waals surface area contributed by atoms with Crippen molar-refractivity contribution in [2.24, 2.45) is 0 Å². The summed E-state index contributed by atoms with van der Waals surface area (Å²) in [6.07, 6.45) is 79.0. The van der Waals surface area contributed by atoms with Gasteiger partial charge in [-0.15, -0.1) is 0 Å². The highest BCUT2D eigenvalue weighted by Crippen LogP contribution is 2.17. The molecule has 0 heterocycles. The van der Waals surface area contributed by atoms with Crippen LogP contribution in [0.3, 0.4) is 0 Å². The van der Waals surface area contributed by atoms with Crippen LogP contribution < -0.4 is 0 Å². The van der Waals surface area contributed by atoms with E-state index < -0.39 is 6.10 Å². The molecular weight excluding hydrogens is 901 g/mol. The third kappa shape index (κ3) is 59.6. The van der Waals surface area contributed by atoms with Gasteiger partial charge in [-0.3, -0.25) is 14.4 Å². The van der Waals surface area contributed by atoms with Gasteiger partial charge in [0.1, 0.15) is 13.2 Å². The molecule has 422 valence electrons. The molecule has 0 rings (SSSR count). The Labute approximate surface area is 453 Å². The fraction of sp³-hybridized carbons (Fsp3) is 0.776. The molecule has 0 amide bonds. The monoisotopic (exact) mass is 1020 g/mol. The lowest BCUT2D eigenvalue weighted by Crippen LogP contribution is -2.30. The summed E-state index contributed by atoms with van der Waals surface area (Å²) in [5, 5.41) is 0. The van der Waals surface area contributed by atoms with Gasteiger partial charge in [0.2, 0.25) is 0 Å². The minimum Gasteiger partial charge on any atom is -0.462 e. The summed E-state index contributed by atoms with van der Waals surface area (Å²) in [5.74, 6) is -0.907. The van der Waals surface area contributed by atoms with Crippen molar-refractivity contribution in [2.75, 3.05) is 13.2 Å². The summed E-state index contributed by atoms with van der Waals surface area (Å²) in [5.41, 5.74) is 0. The van der Waals surface area contributed by atoms with Gasteiger partial charge in [-0.2, -0.15) is 0 Å². The van der Waals surface area contributed by atoms with E-state index in [9.17, 15) is 14.4 Å². The smallest absolute Gasteiger partial charge is 0.306 e. The summed E-state index contributed by atoms with van der Waals surface area (Å²) < 4.78 is 16.9. The number of unbranched alkanes of at least 4 members (excludes halogenated alkanes) is 34. The normalized spacial score (nSPS) is 12.5. The maximum absolute atomic E-state index is 12.9. The Hall–Kier alpha value is -3.15. The Morgan fingerprint density at radius 3 is 0.863 bits per heavy atom. The molecule has 0 aliphatic carbocycles. The molecule has 0 unspecified atom stereocenters. The first kappa shape index (κ1) is 69.8. The molecule has 0 fully saturated rings. The van der Waals surface area contributed by atoms with E-state index in [0.717, 1.165) is 96.3 Å². The largest absolute Gasteiger partial charge is 0.462 e. The summed E-state index contributed by atoms with van der Waals surface area (Å²) in [7, 11) is 0. The Kier molecular flexibility index (Phi) is 58.7. The molecular formula is C67H118O6. The SMILES string of the molecule is CC/C=C\C/C=C\C/C=C\C/C=C\C/C=C\CCCCCC(=O)OC[C@H](COC(=O)CCCCCCCCCCCCCCCCCCCCC)OC(=O)CCCCCCCCC/C=C\CCCCCCCC. The molecule has 0 radical (unpaired) electrons. The van der Waals surface area contributed by atoms with Gasteiger partial charge in [-0.1, -0.05) is 280 Å². The van der Waals surface area contributed by atoms with Crippen LogP contribution in [0.1, 0.15) is 316 Å². The van der Waals surface area contributed by atoms with Gasteiger partial charge in [0.05, 0.1) is 0 Å². The second-order valence-electron chi connectivity index (χ2n) is 20.9. The first-order chi connectivity index (χ1) is 36.0. The molecule has 0 N–H and O–H groups in total. The number of ether oxygens (including phenoxy) is 3. The van der Waals surface area contributed by atoms with E-state index >= 15 is 0 Å². The fourth-order valence-electron chi connectivity index (χ4n) is 9.00. The van der Waals surface area contributed by atoms with Gasteiger partial charge in [0, 0.05) is 19.3 Å². The molecule has 0 aromatic heterocycles. The van der Waals surface area contributed by atoms with Crippen LogP contribution in [0.25, 0.3) is 0 Å². The van der Waals surface area contributed by atoms with Crippen LogP contribution in [0.4, 0.5) is 0 Å². The molecule has 0 spiro atoms. The summed E-state index contributed by atoms with van der Waals surface area (Å²) >= 11 is 0. The van der Waals surface area contributed by atoms with Crippen LogP contribution in [0.2, 0.25) is 0 Å². The molecule has 0 aliphatic rings. The summed E-state index contributed by atoms with van der Waals surface area (Å²) in [4.78, 5) is 38.3. The average Bonchev–Trinajstić information content (AvgIpc) is 3.39. The zero-order valence-corrected chi connectivity index (χ0v) is 48.4. The van der Waals surface area contributed by atoms with Crippen molar-refractivity contribution in [3.63, 3.8) is 0 Å². The number of hydrogen-bond acceptors (Lipinski definition) is 6. The number of allylic oxidation sites excluding steroid dienone is 12. The molecule has 0 saturated heterocycles. The van der Waals surface area contributed by atoms with Crippen LogP contribution in [0.5, 0.6) is 0 Å². The van der Waals surface area contributed by atoms with Crippen LogP contribution in [-0.4, -0.2) is 37.2 Å². The second-order valence-corrected chi connectivity index (χ2v) is 20.9. The zero-order valence-electron chi connectivity index (χ0n) is 48.4. The quantitative estimate of drug-likeness (QED) is 0.0261. The van der Waals surface area contributed by atoms with Crippen molar-refractivity contribution >= 4 is 17.9 Å². The van der Waals surface area contributed by atoms with E-state index in [1.807, 2.05) is 0 Å². The summed E-state index contributed by atoms with van der Waals surface area (Å²) in [6.45, 7) is 6.53. The molecule has 0 aromatic carbocycles. The standard InChI is InChI=1S/C67H118O6/c1-4-7-10-13-16-19-22-25-28-31-33-36-38-41-44-47-50-53-56-59-65(68)71-62-64(73-67(70)61-58-55-52-49-46-43-40-35-30-27-24-21-18-15-12-9-6-3)63-72-66(69)60-57-54-51-48-45-42-39-37-34-32-29-26-23-20-17-14-11-8-5-2/h7,10,16,19,25,27-28,30,33,36,41,44,64H,4-6,8-9,11-15,17-18,20-24,26,29,31-32,34-35,37-40,42-43,45-63H2,1-3H3/b10-7-,19-16-,28-25-,30-27-,36-33-,44-41-/t64-/m1/s1. The predicted molar refractivity (Wildman–Crippen MR) is 316 cm³/mol. The fourth-order valence-corrected chi connectivity index (χ4v) is 9.00. The van der Waals surface area contributed by atoms with Gasteiger partial charge in [0.25, 0.3) is 0 Å². The van der Waals surface area contributed by atoms with Crippen molar-refractivity contribution in [1.82, 2.24) is 0 Å². The lowest BCUT2D eigenvalue weighted by Gasteiger charge is -2.18. The predicted octanol–water partition coefficient (Wildman–Crippen LogP) is 21.3. The lowest BCUT2D eigenvalue weighted by atomic mass is 10.0. The Morgan fingerprint density at radius 2 is 0.534 bits per heavy atom. The van der Waals surface area contributed by atoms with Crippen molar-refractivity contribution in [3.05, 3.63) is 72.9 Å². The molecule has 0 aliphatic heterocycles. The minimum atomic E-state index is -0.791. The number of esters is 3. The second kappa shape index (κ2) is 61.4. The Bertz CT molecular complexity index is 1360. The average molecular weight is 1020 g/mol. The lowest BCUT2D eigenvalue weighted by molar-refractivity contribution is -0.167. The van der Waals surface area contributed by atoms with Gasteiger partial charge >= 0.3 is 17.9 Å². The molecule has 0 saturated carbocycles. The van der Waals surface area contributed by atoms with Gasteiger partial charge < -0.3 is 14.2 Å². The number of rotatable bonds is 57. The number of carbonyl (C=O) groups is 3. The van der Waals surface area contributed by atoms with E-state index in [-0.39, 0.29) is 31.1 Å². The van der Waals surface area contributed by atoms with Crippen molar-refractivity contribution in [1.29, 1.82) is 0 Å². The van der Waals surface area contributed by atoms with Gasteiger partial charge in [-0.25, -0.2) is 0 Å². The number of hydrogen-bond donors (Lipinski definition) is 0. The van der Waals surface area contributed by atoms with Gasteiger partial charge in [-0.05, 0) is 89.9 Å². The molecule has 6 nitrogen and oxygen atoms in total.